The SMILES string of the molecule is CC1CC=CC2=C1Oc1ccccc1-c1ccc(-c3ccc(N(c4ccc(-c5ccccc5)cc4)c4ccc(-c5ccccc5)cc4)cc3)cc12. The molecule has 0 fully saturated rings. The van der Waals surface area contributed by atoms with E-state index in [0.717, 1.165) is 40.6 Å². The van der Waals surface area contributed by atoms with Gasteiger partial charge in [0.25, 0.3) is 0 Å². The van der Waals surface area contributed by atoms with Crippen LogP contribution in [0.25, 0.3) is 50.1 Å². The van der Waals surface area contributed by atoms with Crippen molar-refractivity contribution in [1.29, 1.82) is 0 Å². The van der Waals surface area contributed by atoms with Crippen molar-refractivity contribution < 1.29 is 4.74 Å². The van der Waals surface area contributed by atoms with Gasteiger partial charge in [0.2, 0.25) is 0 Å². The summed E-state index contributed by atoms with van der Waals surface area (Å²) in [4.78, 5) is 2.34. The Morgan fingerprint density at radius 3 is 1.49 bits per heavy atom. The Hall–Kier alpha value is -6.38. The fourth-order valence-electron chi connectivity index (χ4n) is 7.42. The molecular weight excluding hydrogens is 619 g/mol. The lowest BCUT2D eigenvalue weighted by Gasteiger charge is -2.26. The van der Waals surface area contributed by atoms with E-state index >= 15 is 0 Å². The summed E-state index contributed by atoms with van der Waals surface area (Å²) in [5.41, 5.74) is 15.2. The smallest absolute Gasteiger partial charge is 0.134 e. The van der Waals surface area contributed by atoms with E-state index in [0.29, 0.717) is 5.92 Å². The summed E-state index contributed by atoms with van der Waals surface area (Å²) >= 11 is 0. The molecule has 0 saturated heterocycles. The summed E-state index contributed by atoms with van der Waals surface area (Å²) in [7, 11) is 0. The van der Waals surface area contributed by atoms with E-state index in [9.17, 15) is 0 Å². The van der Waals surface area contributed by atoms with Gasteiger partial charge in [0.15, 0.2) is 0 Å². The second-order valence-corrected chi connectivity index (χ2v) is 13.4. The first kappa shape index (κ1) is 30.7. The fourth-order valence-corrected chi connectivity index (χ4v) is 7.42. The van der Waals surface area contributed by atoms with Crippen molar-refractivity contribution in [2.75, 3.05) is 4.90 Å². The minimum absolute atomic E-state index is 0.321. The molecule has 0 N–H and O–H groups in total. The molecular formula is C49H37NO. The van der Waals surface area contributed by atoms with Gasteiger partial charge >= 0.3 is 0 Å². The van der Waals surface area contributed by atoms with Gasteiger partial charge in [-0.05, 0) is 99.5 Å². The number of ether oxygens (including phenoxy) is 1. The first-order chi connectivity index (χ1) is 25.2. The zero-order valence-electron chi connectivity index (χ0n) is 28.5. The minimum atomic E-state index is 0.321. The molecule has 0 spiro atoms. The largest absolute Gasteiger partial charge is 0.460 e. The van der Waals surface area contributed by atoms with Crippen molar-refractivity contribution in [3.05, 3.63) is 199 Å². The molecule has 7 aromatic rings. The average Bonchev–Trinajstić information content (AvgIpc) is 3.34. The van der Waals surface area contributed by atoms with Crippen molar-refractivity contribution in [3.63, 3.8) is 0 Å². The third-order valence-electron chi connectivity index (χ3n) is 10.1. The molecule has 0 bridgehead atoms. The van der Waals surface area contributed by atoms with Crippen LogP contribution in [0, 0.1) is 5.92 Å². The van der Waals surface area contributed by atoms with Gasteiger partial charge in [-0.25, -0.2) is 0 Å². The molecule has 1 aliphatic heterocycles. The van der Waals surface area contributed by atoms with Gasteiger partial charge in [0.05, 0.1) is 0 Å². The van der Waals surface area contributed by atoms with Crippen LogP contribution in [-0.2, 0) is 0 Å². The lowest BCUT2D eigenvalue weighted by Crippen LogP contribution is -2.10. The molecule has 51 heavy (non-hydrogen) atoms. The van der Waals surface area contributed by atoms with Crippen LogP contribution in [-0.4, -0.2) is 0 Å². The molecule has 7 aromatic carbocycles. The Kier molecular flexibility index (Phi) is 7.91. The number of rotatable bonds is 6. The molecule has 2 aliphatic rings. The van der Waals surface area contributed by atoms with Crippen molar-refractivity contribution in [2.45, 2.75) is 13.3 Å². The number of benzene rings is 7. The minimum Gasteiger partial charge on any atom is -0.460 e. The molecule has 9 rings (SSSR count). The van der Waals surface area contributed by atoms with Gasteiger partial charge in [-0.2, -0.15) is 0 Å². The second kappa shape index (κ2) is 13.2. The Bertz CT molecular complexity index is 2300. The number of hydrogen-bond acceptors (Lipinski definition) is 2. The van der Waals surface area contributed by atoms with Gasteiger partial charge in [-0.1, -0.05) is 146 Å². The van der Waals surface area contributed by atoms with Crippen LogP contribution < -0.4 is 9.64 Å². The molecule has 244 valence electrons. The predicted molar refractivity (Wildman–Crippen MR) is 213 cm³/mol. The molecule has 0 amide bonds. The van der Waals surface area contributed by atoms with E-state index < -0.39 is 0 Å². The van der Waals surface area contributed by atoms with Gasteiger partial charge in [-0.3, -0.25) is 0 Å². The highest BCUT2D eigenvalue weighted by Crippen LogP contribution is 2.46. The van der Waals surface area contributed by atoms with Crippen molar-refractivity contribution >= 4 is 22.6 Å². The van der Waals surface area contributed by atoms with E-state index in [2.05, 4.69) is 200 Å². The maximum atomic E-state index is 6.62. The first-order valence-electron chi connectivity index (χ1n) is 17.7. The highest BCUT2D eigenvalue weighted by molar-refractivity contribution is 5.93. The summed E-state index contributed by atoms with van der Waals surface area (Å²) in [5.74, 6) is 2.31. The predicted octanol–water partition coefficient (Wildman–Crippen LogP) is 13.5. The summed E-state index contributed by atoms with van der Waals surface area (Å²) < 4.78 is 6.62. The zero-order chi connectivity index (χ0) is 34.1. The summed E-state index contributed by atoms with van der Waals surface area (Å²) in [6.07, 6.45) is 5.51. The molecule has 0 aromatic heterocycles. The molecule has 2 nitrogen and oxygen atoms in total. The fraction of sp³-hybridized carbons (Fsp3) is 0.0612. The van der Waals surface area contributed by atoms with Gasteiger partial charge in [0, 0.05) is 34.1 Å². The number of hydrogen-bond donors (Lipinski definition) is 0. The van der Waals surface area contributed by atoms with Crippen LogP contribution in [0.3, 0.4) is 0 Å². The number of anilines is 3. The van der Waals surface area contributed by atoms with Crippen LogP contribution >= 0.6 is 0 Å². The van der Waals surface area contributed by atoms with Crippen LogP contribution in [0.2, 0.25) is 0 Å². The van der Waals surface area contributed by atoms with Crippen LogP contribution in [0.4, 0.5) is 17.1 Å². The van der Waals surface area contributed by atoms with Gasteiger partial charge in [-0.15, -0.1) is 0 Å². The summed E-state index contributed by atoms with van der Waals surface area (Å²) in [6.45, 7) is 2.26. The zero-order valence-corrected chi connectivity index (χ0v) is 28.5. The van der Waals surface area contributed by atoms with E-state index in [1.807, 2.05) is 0 Å². The van der Waals surface area contributed by atoms with Gasteiger partial charge in [0.1, 0.15) is 11.5 Å². The molecule has 1 heterocycles. The quantitative estimate of drug-likeness (QED) is 0.177. The third-order valence-corrected chi connectivity index (χ3v) is 10.1. The van der Waals surface area contributed by atoms with Crippen LogP contribution in [0.5, 0.6) is 5.75 Å². The highest BCUT2D eigenvalue weighted by atomic mass is 16.5. The molecule has 2 heteroatoms. The van der Waals surface area contributed by atoms with E-state index in [1.165, 1.54) is 50.1 Å². The lowest BCUT2D eigenvalue weighted by molar-refractivity contribution is 0.361. The molecule has 1 aliphatic carbocycles. The number of allylic oxidation sites excluding steroid dienone is 4. The Morgan fingerprint density at radius 2 is 0.922 bits per heavy atom. The van der Waals surface area contributed by atoms with Crippen molar-refractivity contribution in [2.24, 2.45) is 5.92 Å². The van der Waals surface area contributed by atoms with E-state index in [1.54, 1.807) is 0 Å². The standard InChI is InChI=1S/C49H37NO/c1-34-11-10-17-46-47-33-40(25-32-44(47)45-16-8-9-18-48(45)51-49(34)46)39-23-30-43(31-24-39)50(41-26-19-37(20-27-41)35-12-4-2-5-13-35)42-28-21-38(22-29-42)36-14-6-3-7-15-36/h2-10,12-34H,11H2,1H3. The monoisotopic (exact) mass is 655 g/mol. The normalized spacial score (nSPS) is 14.5. The molecule has 0 saturated carbocycles. The highest BCUT2D eigenvalue weighted by Gasteiger charge is 2.27. The Balaban J connectivity index is 1.10. The molecule has 0 radical (unpaired) electrons. The topological polar surface area (TPSA) is 12.5 Å². The summed E-state index contributed by atoms with van der Waals surface area (Å²) in [5, 5.41) is 0. The summed E-state index contributed by atoms with van der Waals surface area (Å²) in [6, 6.07) is 63.1. The average molecular weight is 656 g/mol. The Morgan fingerprint density at radius 1 is 0.451 bits per heavy atom. The Labute approximate surface area is 300 Å². The number of nitrogens with zero attached hydrogens (tertiary/aromatic N) is 1. The molecule has 1 unspecified atom stereocenters. The number of fused-ring (bicyclic) bond motifs is 4. The third kappa shape index (κ3) is 5.85. The van der Waals surface area contributed by atoms with E-state index in [4.69, 9.17) is 4.74 Å². The maximum absolute atomic E-state index is 6.62. The van der Waals surface area contributed by atoms with Crippen LogP contribution in [0.15, 0.2) is 194 Å². The van der Waals surface area contributed by atoms with Crippen molar-refractivity contribution in [3.8, 4) is 50.3 Å². The lowest BCUT2D eigenvalue weighted by atomic mass is 9.86. The first-order valence-corrected chi connectivity index (χ1v) is 17.7. The second-order valence-electron chi connectivity index (χ2n) is 13.4. The number of para-hydroxylation sites is 1. The van der Waals surface area contributed by atoms with Crippen molar-refractivity contribution in [1.82, 2.24) is 0 Å². The maximum Gasteiger partial charge on any atom is 0.134 e. The van der Waals surface area contributed by atoms with E-state index in [-0.39, 0.29) is 0 Å². The van der Waals surface area contributed by atoms with Crippen LogP contribution in [0.1, 0.15) is 18.9 Å². The van der Waals surface area contributed by atoms with Gasteiger partial charge < -0.3 is 9.64 Å². The molecule has 1 atom stereocenters.